The van der Waals surface area contributed by atoms with E-state index in [2.05, 4.69) is 43.5 Å². The van der Waals surface area contributed by atoms with Crippen molar-refractivity contribution in [2.45, 2.75) is 84.1 Å². The van der Waals surface area contributed by atoms with Crippen LogP contribution in [-0.2, 0) is 33.3 Å². The van der Waals surface area contributed by atoms with Gasteiger partial charge < -0.3 is 19.1 Å². The van der Waals surface area contributed by atoms with Gasteiger partial charge in [0.25, 0.3) is 6.04 Å². The number of ether oxygens (including phenoxy) is 2. The van der Waals surface area contributed by atoms with E-state index in [0.717, 1.165) is 48.2 Å². The molecule has 7 atom stereocenters. The van der Waals surface area contributed by atoms with Gasteiger partial charge >= 0.3 is 0 Å². The zero-order valence-corrected chi connectivity index (χ0v) is 26.0. The van der Waals surface area contributed by atoms with Crippen LogP contribution in [0.25, 0.3) is 9.69 Å². The fourth-order valence-electron chi connectivity index (χ4n) is 8.09. The summed E-state index contributed by atoms with van der Waals surface area (Å²) in [5, 5.41) is 0. The van der Waals surface area contributed by atoms with Crippen molar-refractivity contribution in [3.05, 3.63) is 69.8 Å². The molecule has 10 heteroatoms. The normalized spacial score (nSPS) is 32.1. The van der Waals surface area contributed by atoms with Crippen molar-refractivity contribution in [3.8, 4) is 11.8 Å². The van der Waals surface area contributed by atoms with E-state index >= 15 is 0 Å². The molecule has 4 aliphatic rings. The van der Waals surface area contributed by atoms with Crippen LogP contribution in [0, 0.1) is 36.8 Å². The SMILES string of the molecule is [3H]C.[C-]#[N+]C1=C[C@]2(C)c3ncnc(OC)c3CC[C@H]2[C@H](C)C1=O.[C-]#[N+]C1C[C@]2(C)c3ncnc(OC)c3CC[C@H]2[C@H](C)C1=O. The van der Waals surface area contributed by atoms with Gasteiger partial charge in [-0.3, -0.25) is 4.79 Å². The summed E-state index contributed by atoms with van der Waals surface area (Å²) >= 11 is 0. The lowest BCUT2D eigenvalue weighted by atomic mass is 9.55. The number of ketones is 2. The molecule has 0 amide bonds. The molecule has 1 saturated carbocycles. The van der Waals surface area contributed by atoms with E-state index in [1.54, 1.807) is 20.3 Å². The van der Waals surface area contributed by atoms with Gasteiger partial charge in [0, 0.05) is 41.6 Å². The average molecular weight is 587 g/mol. The molecule has 0 aliphatic heterocycles. The summed E-state index contributed by atoms with van der Waals surface area (Å²) in [7, 11) is 4.47. The van der Waals surface area contributed by atoms with E-state index in [1.165, 1.54) is 20.1 Å². The third-order valence-electron chi connectivity index (χ3n) is 10.2. The Morgan fingerprint density at radius 1 is 0.907 bits per heavy atom. The number of methoxy groups -OCH3 is 2. The van der Waals surface area contributed by atoms with Crippen molar-refractivity contribution >= 4 is 11.6 Å². The van der Waals surface area contributed by atoms with E-state index < -0.39 is 11.5 Å². The number of hydrogen-bond acceptors (Lipinski definition) is 8. The molecule has 2 aromatic rings. The van der Waals surface area contributed by atoms with Crippen LogP contribution in [0.15, 0.2) is 24.4 Å². The third kappa shape index (κ3) is 4.87. The van der Waals surface area contributed by atoms with Crippen LogP contribution in [0.1, 0.15) is 78.2 Å². The number of carbonyl (C=O) groups is 2. The second kappa shape index (κ2) is 11.8. The summed E-state index contributed by atoms with van der Waals surface area (Å²) in [5.74, 6) is 1.45. The molecule has 0 bridgehead atoms. The lowest BCUT2D eigenvalue weighted by Gasteiger charge is -2.47. The molecule has 0 aromatic carbocycles. The fourth-order valence-corrected chi connectivity index (χ4v) is 8.09. The van der Waals surface area contributed by atoms with Gasteiger partial charge in [-0.25, -0.2) is 31.4 Å². The van der Waals surface area contributed by atoms with Crippen molar-refractivity contribution in [1.82, 2.24) is 19.9 Å². The highest BCUT2D eigenvalue weighted by molar-refractivity contribution is 6.00. The molecule has 0 N–H and O–H groups in total. The molecule has 6 rings (SSSR count). The Labute approximate surface area is 255 Å². The Morgan fingerprint density at radius 3 is 2.02 bits per heavy atom. The summed E-state index contributed by atoms with van der Waals surface area (Å²) in [5.41, 5.74) is 3.49. The highest BCUT2D eigenvalue weighted by atomic mass is 16.5. The van der Waals surface area contributed by atoms with E-state index in [0.29, 0.717) is 18.2 Å². The number of allylic oxidation sites excluding steroid dienone is 2. The molecule has 1 unspecified atom stereocenters. The van der Waals surface area contributed by atoms with E-state index in [9.17, 15) is 9.59 Å². The first-order valence-electron chi connectivity index (χ1n) is 15.4. The minimum Gasteiger partial charge on any atom is -0.481 e. The maximum Gasteiger partial charge on any atom is 0.282 e. The molecular formula is C33H40N6O4. The first-order valence-corrected chi connectivity index (χ1v) is 14.4. The maximum atomic E-state index is 12.3. The van der Waals surface area contributed by atoms with Crippen molar-refractivity contribution < 1.29 is 20.4 Å². The zero-order valence-electron chi connectivity index (χ0n) is 27.0. The predicted molar refractivity (Wildman–Crippen MR) is 160 cm³/mol. The van der Waals surface area contributed by atoms with Gasteiger partial charge in [0.1, 0.15) is 12.7 Å². The van der Waals surface area contributed by atoms with Crippen LogP contribution in [-0.4, -0.2) is 51.8 Å². The Bertz CT molecular complexity index is 1560. The average Bonchev–Trinajstić information content (AvgIpc) is 3.05. The number of aromatic nitrogens is 4. The molecule has 0 radical (unpaired) electrons. The van der Waals surface area contributed by atoms with Crippen LogP contribution < -0.4 is 9.47 Å². The van der Waals surface area contributed by atoms with E-state index in [4.69, 9.17) is 24.0 Å². The van der Waals surface area contributed by atoms with E-state index in [1.807, 2.05) is 13.8 Å². The smallest absolute Gasteiger partial charge is 0.282 e. The summed E-state index contributed by atoms with van der Waals surface area (Å²) in [6, 6.07) is -0.548. The Balaban J connectivity index is 0.000000190. The van der Waals surface area contributed by atoms with Gasteiger partial charge in [-0.1, -0.05) is 41.2 Å². The second-order valence-corrected chi connectivity index (χ2v) is 12.2. The van der Waals surface area contributed by atoms with Crippen molar-refractivity contribution in [2.75, 3.05) is 14.2 Å². The lowest BCUT2D eigenvalue weighted by Crippen LogP contribution is -2.52. The Kier molecular flexibility index (Phi) is 8.34. The molecule has 10 nitrogen and oxygen atoms in total. The van der Waals surface area contributed by atoms with Gasteiger partial charge in [0.2, 0.25) is 23.2 Å². The van der Waals surface area contributed by atoms with Gasteiger partial charge in [-0.15, -0.1) is 0 Å². The minimum absolute atomic E-state index is 0.0445. The van der Waals surface area contributed by atoms with Crippen LogP contribution in [0.2, 0.25) is 0 Å². The van der Waals surface area contributed by atoms with Crippen molar-refractivity contribution in [1.29, 1.82) is 0 Å². The third-order valence-corrected chi connectivity index (χ3v) is 10.2. The van der Waals surface area contributed by atoms with E-state index in [-0.39, 0.29) is 46.4 Å². The number of nitrogens with zero attached hydrogens (tertiary/aromatic N) is 6. The van der Waals surface area contributed by atoms with Gasteiger partial charge in [-0.2, -0.15) is 0 Å². The first-order chi connectivity index (χ1) is 21.0. The number of fused-ring (bicyclic) bond motifs is 6. The minimum atomic E-state index is -0.548. The second-order valence-electron chi connectivity index (χ2n) is 12.2. The molecule has 0 spiro atoms. The largest absolute Gasteiger partial charge is 0.481 e. The molecule has 43 heavy (non-hydrogen) atoms. The monoisotopic (exact) mass is 586 g/mol. The van der Waals surface area contributed by atoms with Crippen molar-refractivity contribution in [2.24, 2.45) is 23.7 Å². The summed E-state index contributed by atoms with van der Waals surface area (Å²) in [6.45, 7) is 22.7. The quantitative estimate of drug-likeness (QED) is 0.443. The molecule has 1 fully saturated rings. The van der Waals surface area contributed by atoms with Crippen LogP contribution >= 0.6 is 0 Å². The number of Topliss-reactive ketones (excluding diaryl/α,β-unsaturated/α-hetero) is 2. The predicted octanol–water partition coefficient (Wildman–Crippen LogP) is 5.17. The molecule has 2 heterocycles. The Hall–Kier alpha value is -4.18. The number of carbonyl (C=O) groups excluding carboxylic acids is 2. The number of rotatable bonds is 2. The summed E-state index contributed by atoms with van der Waals surface area (Å²) < 4.78 is 16.4. The van der Waals surface area contributed by atoms with Crippen LogP contribution in [0.3, 0.4) is 0 Å². The lowest BCUT2D eigenvalue weighted by molar-refractivity contribution is -0.129. The van der Waals surface area contributed by atoms with Crippen LogP contribution in [0.5, 0.6) is 11.8 Å². The van der Waals surface area contributed by atoms with Gasteiger partial charge in [0.15, 0.2) is 5.78 Å². The fraction of sp³-hybridized carbons (Fsp3) is 0.576. The summed E-state index contributed by atoms with van der Waals surface area (Å²) in [6.07, 6.45) is 8.82. The van der Waals surface area contributed by atoms with Crippen molar-refractivity contribution in [3.63, 3.8) is 0 Å². The molecule has 0 saturated heterocycles. The molecule has 4 aliphatic carbocycles. The molecule has 226 valence electrons. The molecular weight excluding hydrogens is 544 g/mol. The summed E-state index contributed by atoms with van der Waals surface area (Å²) in [4.78, 5) is 48.9. The van der Waals surface area contributed by atoms with Gasteiger partial charge in [0.05, 0.1) is 32.2 Å². The highest BCUT2D eigenvalue weighted by Gasteiger charge is 2.55. The zero-order chi connectivity index (χ0) is 32.4. The molecule has 2 aromatic heterocycles. The first kappa shape index (κ1) is 30.3. The topological polar surface area (TPSA) is 113 Å². The Morgan fingerprint density at radius 2 is 1.47 bits per heavy atom. The standard InChI is InChI=1S/C16H19N3O2.C16H17N3O2.CH4/c2*1-9-11-6-5-10-14(18-8-19-15(10)21-4)16(11,2)7-12(17-3)13(9)20;/h8-9,11-12H,5-7H2,1-2,4H3;7-9,11H,5-6H2,1-2,4H3;1H4/t9-,11-,12?,16-;9-,11-,16-;/m00./s1/i;;1T. The highest BCUT2D eigenvalue weighted by Crippen LogP contribution is 2.52. The number of hydrogen-bond donors (Lipinski definition) is 0. The maximum absolute atomic E-state index is 12.3. The van der Waals surface area contributed by atoms with Gasteiger partial charge in [-0.05, 0) is 37.5 Å². The van der Waals surface area contributed by atoms with Crippen LogP contribution in [0.4, 0.5) is 0 Å².